The highest BCUT2D eigenvalue weighted by Gasteiger charge is 2.43. The van der Waals surface area contributed by atoms with Gasteiger partial charge < -0.3 is 4.57 Å². The molecule has 2 fully saturated rings. The lowest BCUT2D eigenvalue weighted by Crippen LogP contribution is -2.44. The third-order valence-corrected chi connectivity index (χ3v) is 9.57. The van der Waals surface area contributed by atoms with E-state index in [1.54, 1.807) is 17.8 Å². The fraction of sp³-hybridized carbons (Fsp3) is 0.474. The van der Waals surface area contributed by atoms with Crippen LogP contribution in [0, 0.1) is 11.7 Å². The van der Waals surface area contributed by atoms with Crippen molar-refractivity contribution in [3.63, 3.8) is 0 Å². The molecule has 14 heteroatoms. The highest BCUT2D eigenvalue weighted by molar-refractivity contribution is 7.90. The second-order valence-electron chi connectivity index (χ2n) is 8.34. The van der Waals surface area contributed by atoms with Gasteiger partial charge in [-0.25, -0.2) is 30.5 Å². The Morgan fingerprint density at radius 1 is 1.24 bits per heavy atom. The predicted molar refractivity (Wildman–Crippen MR) is 120 cm³/mol. The number of rotatable bonds is 8. The maximum absolute atomic E-state index is 14.5. The zero-order chi connectivity index (χ0) is 24.0. The van der Waals surface area contributed by atoms with Crippen molar-refractivity contribution in [1.82, 2.24) is 24.1 Å². The van der Waals surface area contributed by atoms with Crippen LogP contribution in [0.4, 0.5) is 4.39 Å². The molecule has 1 saturated heterocycles. The number of hydrogen-bond acceptors (Lipinski definition) is 6. The van der Waals surface area contributed by atoms with E-state index in [-0.39, 0.29) is 29.1 Å². The highest BCUT2D eigenvalue weighted by Crippen LogP contribution is 2.34. The fourth-order valence-corrected chi connectivity index (χ4v) is 7.12. The van der Waals surface area contributed by atoms with Crippen molar-refractivity contribution in [2.75, 3.05) is 18.8 Å². The maximum Gasteiger partial charge on any atom is 0.269 e. The smallest absolute Gasteiger partial charge is 0.269 e. The third kappa shape index (κ3) is 5.38. The minimum atomic E-state index is -4.00. The van der Waals surface area contributed by atoms with Crippen LogP contribution in [0.5, 0.6) is 0 Å². The van der Waals surface area contributed by atoms with Gasteiger partial charge in [0.2, 0.25) is 20.0 Å². The molecule has 4 rings (SSSR count). The van der Waals surface area contributed by atoms with Crippen molar-refractivity contribution in [1.29, 1.82) is 0 Å². The van der Waals surface area contributed by atoms with Gasteiger partial charge in [-0.1, -0.05) is 11.6 Å². The van der Waals surface area contributed by atoms with Crippen LogP contribution in [0.15, 0.2) is 24.7 Å². The van der Waals surface area contributed by atoms with E-state index in [4.69, 9.17) is 11.6 Å². The van der Waals surface area contributed by atoms with Gasteiger partial charge in [-0.3, -0.25) is 10.2 Å². The van der Waals surface area contributed by atoms with E-state index in [1.807, 2.05) is 10.3 Å². The lowest BCUT2D eigenvalue weighted by molar-refractivity contribution is 0.0941. The number of hydrazine groups is 1. The molecule has 1 amide bonds. The summed E-state index contributed by atoms with van der Waals surface area (Å²) in [5, 5.41) is -0.664. The Balaban J connectivity index is 1.39. The van der Waals surface area contributed by atoms with Crippen LogP contribution in [-0.2, 0) is 27.1 Å². The molecule has 1 aromatic heterocycles. The van der Waals surface area contributed by atoms with Crippen molar-refractivity contribution >= 4 is 37.6 Å². The topological polar surface area (TPSA) is 130 Å². The first-order chi connectivity index (χ1) is 15.5. The Labute approximate surface area is 196 Å². The molecule has 1 aromatic carbocycles. The van der Waals surface area contributed by atoms with Crippen LogP contribution in [0.3, 0.4) is 0 Å². The average Bonchev–Trinajstić information content (AvgIpc) is 3.37. The number of halogens is 2. The van der Waals surface area contributed by atoms with E-state index in [2.05, 4.69) is 4.98 Å². The second-order valence-corrected chi connectivity index (χ2v) is 12.7. The minimum absolute atomic E-state index is 0.115. The molecule has 2 aliphatic rings. The summed E-state index contributed by atoms with van der Waals surface area (Å²) < 4.78 is 67.0. The third-order valence-electron chi connectivity index (χ3n) is 5.60. The molecular formula is C19H23ClFN5O5S2. The van der Waals surface area contributed by atoms with Crippen LogP contribution in [0.1, 0.15) is 29.6 Å². The number of imidazole rings is 1. The Morgan fingerprint density at radius 3 is 2.61 bits per heavy atom. The molecular weight excluding hydrogens is 497 g/mol. The number of aromatic nitrogens is 2. The molecule has 0 spiro atoms. The number of amides is 1. The number of carbonyl (C=O) groups excluding carboxylic acids is 1. The minimum Gasteiger partial charge on any atom is -0.340 e. The molecule has 2 aromatic rings. The Morgan fingerprint density at radius 2 is 1.97 bits per heavy atom. The summed E-state index contributed by atoms with van der Waals surface area (Å²) in [5.41, 5.74) is 2.40. The van der Waals surface area contributed by atoms with Crippen LogP contribution in [0.2, 0.25) is 5.02 Å². The monoisotopic (exact) mass is 519 g/mol. The zero-order valence-electron chi connectivity index (χ0n) is 17.7. The summed E-state index contributed by atoms with van der Waals surface area (Å²) in [6.07, 6.45) is 4.86. The first kappa shape index (κ1) is 24.1. The van der Waals surface area contributed by atoms with E-state index >= 15 is 0 Å². The molecule has 0 bridgehead atoms. The molecule has 1 aliphatic carbocycles. The van der Waals surface area contributed by atoms with Gasteiger partial charge in [-0.15, -0.1) is 4.83 Å². The summed E-state index contributed by atoms with van der Waals surface area (Å²) in [6, 6.07) is 2.55. The standard InChI is InChI=1S/C19H23ClFN5O5S2/c1-25-9-17(22-11-25)13-6-15(18(21)16(20)7-13)19(27)23-24-32(28,29)10-12-4-5-26(8-12)33(30,31)14-2-3-14/h6-7,9,11-12,14,24H,2-5,8,10H2,1H3,(H,23,27). The lowest BCUT2D eigenvalue weighted by atomic mass is 10.1. The first-order valence-electron chi connectivity index (χ1n) is 10.2. The normalized spacial score (nSPS) is 19.7. The summed E-state index contributed by atoms with van der Waals surface area (Å²) in [5.74, 6) is -2.81. The molecule has 33 heavy (non-hydrogen) atoms. The van der Waals surface area contributed by atoms with Crippen LogP contribution in [-0.4, -0.2) is 60.7 Å². The van der Waals surface area contributed by atoms with Gasteiger partial charge in [0.25, 0.3) is 5.91 Å². The molecule has 2 N–H and O–H groups in total. The number of aryl methyl sites for hydroxylation is 1. The average molecular weight is 520 g/mol. The van der Waals surface area contributed by atoms with Crippen molar-refractivity contribution < 1.29 is 26.0 Å². The van der Waals surface area contributed by atoms with Gasteiger partial charge in [0, 0.05) is 31.9 Å². The molecule has 1 saturated carbocycles. The quantitative estimate of drug-likeness (QED) is 0.505. The number of hydrogen-bond donors (Lipinski definition) is 2. The fourth-order valence-electron chi connectivity index (χ4n) is 3.75. The summed E-state index contributed by atoms with van der Waals surface area (Å²) >= 11 is 5.92. The van der Waals surface area contributed by atoms with E-state index in [9.17, 15) is 26.0 Å². The van der Waals surface area contributed by atoms with Gasteiger partial charge in [-0.05, 0) is 37.3 Å². The van der Waals surface area contributed by atoms with Gasteiger partial charge >= 0.3 is 0 Å². The summed E-state index contributed by atoms with van der Waals surface area (Å²) in [7, 11) is -5.62. The van der Waals surface area contributed by atoms with Gasteiger partial charge in [-0.2, -0.15) is 0 Å². The van der Waals surface area contributed by atoms with Gasteiger partial charge in [0.1, 0.15) is 0 Å². The lowest BCUT2D eigenvalue weighted by Gasteiger charge is -2.16. The number of nitrogens with one attached hydrogen (secondary N) is 2. The van der Waals surface area contributed by atoms with Crippen molar-refractivity contribution in [2.45, 2.75) is 24.5 Å². The Bertz CT molecular complexity index is 1290. The van der Waals surface area contributed by atoms with Crippen LogP contribution in [0.25, 0.3) is 11.3 Å². The summed E-state index contributed by atoms with van der Waals surface area (Å²) in [6.45, 7) is 0.388. The Kier molecular flexibility index (Phi) is 6.53. The number of benzene rings is 1. The highest BCUT2D eigenvalue weighted by atomic mass is 35.5. The molecule has 2 heterocycles. The molecule has 1 atom stereocenters. The molecule has 1 unspecified atom stereocenters. The maximum atomic E-state index is 14.5. The van der Waals surface area contributed by atoms with Crippen LogP contribution < -0.4 is 10.3 Å². The molecule has 180 valence electrons. The van der Waals surface area contributed by atoms with E-state index in [0.717, 1.165) is 0 Å². The number of sulfonamides is 2. The summed E-state index contributed by atoms with van der Waals surface area (Å²) in [4.78, 5) is 18.6. The van der Waals surface area contributed by atoms with Crippen molar-refractivity contribution in [2.24, 2.45) is 13.0 Å². The molecule has 0 radical (unpaired) electrons. The molecule has 10 nitrogen and oxygen atoms in total. The number of nitrogens with zero attached hydrogens (tertiary/aromatic N) is 3. The zero-order valence-corrected chi connectivity index (χ0v) is 20.1. The first-order valence-corrected chi connectivity index (χ1v) is 13.8. The van der Waals surface area contributed by atoms with E-state index in [1.165, 1.54) is 22.8 Å². The predicted octanol–water partition coefficient (Wildman–Crippen LogP) is 1.26. The van der Waals surface area contributed by atoms with E-state index in [0.29, 0.717) is 30.5 Å². The molecule has 1 aliphatic heterocycles. The van der Waals surface area contributed by atoms with Crippen LogP contribution >= 0.6 is 11.6 Å². The van der Waals surface area contributed by atoms with Gasteiger partial charge in [0.05, 0.1) is 33.6 Å². The largest absolute Gasteiger partial charge is 0.340 e. The SMILES string of the molecule is Cn1cnc(-c2cc(Cl)c(F)c(C(=O)NNS(=O)(=O)CC3CCN(S(=O)(=O)C4CC4)C3)c2)c1. The van der Waals surface area contributed by atoms with Gasteiger partial charge in [0.15, 0.2) is 5.82 Å². The van der Waals surface area contributed by atoms with Crippen molar-refractivity contribution in [3.8, 4) is 11.3 Å². The second kappa shape index (κ2) is 8.95. The van der Waals surface area contributed by atoms with Crippen molar-refractivity contribution in [3.05, 3.63) is 41.1 Å². The number of carbonyl (C=O) groups is 1. The Hall–Kier alpha value is -2.06. The van der Waals surface area contributed by atoms with E-state index < -0.39 is 43.3 Å².